The molecule has 5 heteroatoms. The predicted octanol–water partition coefficient (Wildman–Crippen LogP) is 3.89. The predicted molar refractivity (Wildman–Crippen MR) is 111 cm³/mol. The molecule has 0 saturated heterocycles. The van der Waals surface area contributed by atoms with Gasteiger partial charge in [-0.2, -0.15) is 12.6 Å². The van der Waals surface area contributed by atoms with Crippen molar-refractivity contribution in [1.82, 2.24) is 0 Å². The molecule has 0 aromatic heterocycles. The number of nitrogens with zero attached hydrogens (tertiary/aromatic N) is 1. The summed E-state index contributed by atoms with van der Waals surface area (Å²) in [6.45, 7) is 0. The van der Waals surface area contributed by atoms with Crippen LogP contribution >= 0.6 is 12.6 Å². The highest BCUT2D eigenvalue weighted by atomic mass is 32.1. The van der Waals surface area contributed by atoms with Gasteiger partial charge in [0.1, 0.15) is 6.04 Å². The summed E-state index contributed by atoms with van der Waals surface area (Å²) >= 11 is 4.32. The summed E-state index contributed by atoms with van der Waals surface area (Å²) in [4.78, 5) is 27.2. The molecule has 0 N–H and O–H groups in total. The van der Waals surface area contributed by atoms with Gasteiger partial charge in [-0.05, 0) is 17.0 Å². The first kappa shape index (κ1) is 19.0. The van der Waals surface area contributed by atoms with Crippen molar-refractivity contribution >= 4 is 41.0 Å². The van der Waals surface area contributed by atoms with Crippen LogP contribution in [0.2, 0.25) is 0 Å². The zero-order valence-electron chi connectivity index (χ0n) is 15.0. The molecule has 27 heavy (non-hydrogen) atoms. The summed E-state index contributed by atoms with van der Waals surface area (Å²) in [7, 11) is 1.32. The van der Waals surface area contributed by atoms with Gasteiger partial charge in [0.15, 0.2) is 0 Å². The fraction of sp³-hybridized carbons (Fsp3) is 0.182. The van der Waals surface area contributed by atoms with E-state index in [1.54, 1.807) is 0 Å². The fourth-order valence-corrected chi connectivity index (χ4v) is 3.46. The van der Waals surface area contributed by atoms with Crippen LogP contribution in [0.1, 0.15) is 5.56 Å². The van der Waals surface area contributed by atoms with E-state index in [0.717, 1.165) is 16.3 Å². The number of amides is 1. The van der Waals surface area contributed by atoms with Gasteiger partial charge < -0.3 is 4.74 Å². The molecule has 0 radical (unpaired) electrons. The maximum Gasteiger partial charge on any atom is 0.329 e. The van der Waals surface area contributed by atoms with Crippen LogP contribution in [-0.2, 0) is 20.7 Å². The second-order valence-corrected chi connectivity index (χ2v) is 6.51. The van der Waals surface area contributed by atoms with Crippen molar-refractivity contribution in [2.45, 2.75) is 12.5 Å². The summed E-state index contributed by atoms with van der Waals surface area (Å²) in [5, 5.41) is 1.90. The molecule has 0 heterocycles. The largest absolute Gasteiger partial charge is 0.467 e. The molecule has 0 saturated carbocycles. The molecule has 0 fully saturated rings. The third kappa shape index (κ3) is 4.14. The highest BCUT2D eigenvalue weighted by molar-refractivity contribution is 7.80. The van der Waals surface area contributed by atoms with Gasteiger partial charge in [0, 0.05) is 11.1 Å². The number of benzene rings is 3. The summed E-state index contributed by atoms with van der Waals surface area (Å²) in [6.07, 6.45) is 0.186. The Balaban J connectivity index is 2.09. The summed E-state index contributed by atoms with van der Waals surface area (Å²) < 4.78 is 4.94. The van der Waals surface area contributed by atoms with Crippen LogP contribution in [0.3, 0.4) is 0 Å². The Hall–Kier alpha value is -2.79. The maximum atomic E-state index is 13.3. The summed E-state index contributed by atoms with van der Waals surface area (Å²) in [6, 6.07) is 22.2. The standard InChI is InChI=1S/C22H21NO3S/c1-26-22(25)20(15-27)23(21(24)14-16-8-3-2-4-9-16)19-13-7-11-17-10-5-6-12-18(17)19/h2-13,20,27H,14-15H2,1H3/t20-/m1/s1. The van der Waals surface area contributed by atoms with Crippen LogP contribution in [0.15, 0.2) is 72.8 Å². The number of ether oxygens (including phenoxy) is 1. The lowest BCUT2D eigenvalue weighted by Gasteiger charge is -2.30. The van der Waals surface area contributed by atoms with Crippen molar-refractivity contribution in [3.05, 3.63) is 78.4 Å². The molecule has 1 atom stereocenters. The number of esters is 1. The molecular weight excluding hydrogens is 358 g/mol. The topological polar surface area (TPSA) is 46.6 Å². The SMILES string of the molecule is COC(=O)[C@@H](CS)N(C(=O)Cc1ccccc1)c1cccc2ccccc12. The zero-order valence-corrected chi connectivity index (χ0v) is 15.9. The second-order valence-electron chi connectivity index (χ2n) is 6.15. The number of hydrogen-bond acceptors (Lipinski definition) is 4. The Labute approximate surface area is 164 Å². The lowest BCUT2D eigenvalue weighted by molar-refractivity contribution is -0.142. The highest BCUT2D eigenvalue weighted by Crippen LogP contribution is 2.29. The number of fused-ring (bicyclic) bond motifs is 1. The number of anilines is 1. The molecular formula is C22H21NO3S. The minimum Gasteiger partial charge on any atom is -0.467 e. The van der Waals surface area contributed by atoms with E-state index in [-0.39, 0.29) is 18.1 Å². The third-order valence-corrected chi connectivity index (χ3v) is 4.80. The molecule has 0 aliphatic carbocycles. The van der Waals surface area contributed by atoms with E-state index < -0.39 is 12.0 Å². The number of carbonyl (C=O) groups is 2. The van der Waals surface area contributed by atoms with Crippen molar-refractivity contribution in [3.63, 3.8) is 0 Å². The monoisotopic (exact) mass is 379 g/mol. The number of thiol groups is 1. The average molecular weight is 379 g/mol. The average Bonchev–Trinajstić information content (AvgIpc) is 2.71. The van der Waals surface area contributed by atoms with E-state index in [2.05, 4.69) is 12.6 Å². The van der Waals surface area contributed by atoms with E-state index >= 15 is 0 Å². The van der Waals surface area contributed by atoms with Crippen LogP contribution in [0.25, 0.3) is 10.8 Å². The minimum atomic E-state index is -0.805. The van der Waals surface area contributed by atoms with Gasteiger partial charge in [0.2, 0.25) is 5.91 Å². The van der Waals surface area contributed by atoms with E-state index in [4.69, 9.17) is 4.74 Å². The number of rotatable bonds is 6. The van der Waals surface area contributed by atoms with Crippen LogP contribution in [0, 0.1) is 0 Å². The van der Waals surface area contributed by atoms with Crippen molar-refractivity contribution in [3.8, 4) is 0 Å². The number of hydrogen-bond donors (Lipinski definition) is 1. The van der Waals surface area contributed by atoms with Gasteiger partial charge in [-0.1, -0.05) is 66.7 Å². The van der Waals surface area contributed by atoms with Gasteiger partial charge in [0.05, 0.1) is 19.2 Å². The molecule has 0 bridgehead atoms. The second kappa shape index (κ2) is 8.73. The molecule has 0 aliphatic heterocycles. The Morgan fingerprint density at radius 3 is 2.33 bits per heavy atom. The van der Waals surface area contributed by atoms with E-state index in [1.807, 2.05) is 72.8 Å². The lowest BCUT2D eigenvalue weighted by Crippen LogP contribution is -2.48. The van der Waals surface area contributed by atoms with Gasteiger partial charge >= 0.3 is 5.97 Å². The van der Waals surface area contributed by atoms with Crippen LogP contribution < -0.4 is 4.90 Å². The van der Waals surface area contributed by atoms with Crippen molar-refractivity contribution in [1.29, 1.82) is 0 Å². The van der Waals surface area contributed by atoms with Gasteiger partial charge in [-0.25, -0.2) is 4.79 Å². The van der Waals surface area contributed by atoms with Crippen molar-refractivity contribution in [2.24, 2.45) is 0 Å². The highest BCUT2D eigenvalue weighted by Gasteiger charge is 2.31. The summed E-state index contributed by atoms with van der Waals surface area (Å²) in [5.41, 5.74) is 1.56. The molecule has 0 aliphatic rings. The van der Waals surface area contributed by atoms with E-state index in [0.29, 0.717) is 5.69 Å². The van der Waals surface area contributed by atoms with Crippen LogP contribution in [0.4, 0.5) is 5.69 Å². The Bertz CT molecular complexity index is 937. The van der Waals surface area contributed by atoms with E-state index in [1.165, 1.54) is 12.0 Å². The minimum absolute atomic E-state index is 0.163. The molecule has 138 valence electrons. The first-order valence-electron chi connectivity index (χ1n) is 8.68. The Morgan fingerprint density at radius 2 is 1.63 bits per heavy atom. The van der Waals surface area contributed by atoms with Crippen molar-refractivity contribution in [2.75, 3.05) is 17.8 Å². The van der Waals surface area contributed by atoms with E-state index in [9.17, 15) is 9.59 Å². The molecule has 1 amide bonds. The van der Waals surface area contributed by atoms with Crippen LogP contribution in [-0.4, -0.2) is 30.8 Å². The molecule has 3 rings (SSSR count). The Morgan fingerprint density at radius 1 is 0.963 bits per heavy atom. The summed E-state index contributed by atoms with van der Waals surface area (Å²) in [5.74, 6) is -0.502. The third-order valence-electron chi connectivity index (χ3n) is 4.45. The van der Waals surface area contributed by atoms with Gasteiger partial charge in [0.25, 0.3) is 0 Å². The Kier molecular flexibility index (Phi) is 6.14. The zero-order chi connectivity index (χ0) is 19.2. The first-order chi connectivity index (χ1) is 13.2. The lowest BCUT2D eigenvalue weighted by atomic mass is 10.0. The smallest absolute Gasteiger partial charge is 0.329 e. The quantitative estimate of drug-likeness (QED) is 0.522. The van der Waals surface area contributed by atoms with Gasteiger partial charge in [-0.15, -0.1) is 0 Å². The molecule has 3 aromatic carbocycles. The van der Waals surface area contributed by atoms with Crippen LogP contribution in [0.5, 0.6) is 0 Å². The number of carbonyl (C=O) groups excluding carboxylic acids is 2. The van der Waals surface area contributed by atoms with Gasteiger partial charge in [-0.3, -0.25) is 9.69 Å². The maximum absolute atomic E-state index is 13.3. The van der Waals surface area contributed by atoms with Crippen molar-refractivity contribution < 1.29 is 14.3 Å². The molecule has 0 unspecified atom stereocenters. The molecule has 4 nitrogen and oxygen atoms in total. The normalized spacial score (nSPS) is 11.8. The molecule has 0 spiro atoms. The fourth-order valence-electron chi connectivity index (χ4n) is 3.15. The molecule has 3 aromatic rings. The number of methoxy groups -OCH3 is 1. The first-order valence-corrected chi connectivity index (χ1v) is 9.31.